The van der Waals surface area contributed by atoms with Crippen molar-refractivity contribution in [1.29, 1.82) is 0 Å². The summed E-state index contributed by atoms with van der Waals surface area (Å²) in [5.41, 5.74) is 10.2. The molecule has 2 aliphatic carbocycles. The number of amides is 1. The van der Waals surface area contributed by atoms with Crippen LogP contribution in [-0.2, 0) is 5.41 Å². The lowest BCUT2D eigenvalue weighted by Gasteiger charge is -2.20. The van der Waals surface area contributed by atoms with Gasteiger partial charge in [0, 0.05) is 23.6 Å². The van der Waals surface area contributed by atoms with Crippen LogP contribution in [0.4, 0.5) is 5.82 Å². The average molecular weight is 395 g/mol. The monoisotopic (exact) mass is 395 g/mol. The fourth-order valence-corrected chi connectivity index (χ4v) is 3.06. The largest absolute Gasteiger partial charge is 0.476 e. The zero-order valence-corrected chi connectivity index (χ0v) is 16.7. The first-order valence-electron chi connectivity index (χ1n) is 9.97. The van der Waals surface area contributed by atoms with Crippen molar-refractivity contribution in [3.63, 3.8) is 0 Å². The standard InChI is InChI=1S/C20H25N7O2/c1-20(2,11-24-27-21)14-7-16(22-8-14)26-18(28)15-9-23-17(13-5-6-13)19(25-15)29-10-12-3-4-12/h7-9,12-13,22H,3-6,10-11H2,1-2H3,(H,26,28). The summed E-state index contributed by atoms with van der Waals surface area (Å²) in [6, 6.07) is 1.83. The molecule has 0 unspecified atom stereocenters. The molecule has 2 N–H and O–H groups in total. The molecule has 1 amide bonds. The summed E-state index contributed by atoms with van der Waals surface area (Å²) < 4.78 is 5.89. The Labute approximate surface area is 168 Å². The van der Waals surface area contributed by atoms with Crippen molar-refractivity contribution in [3.8, 4) is 5.88 Å². The molecule has 152 valence electrons. The fraction of sp³-hybridized carbons (Fsp3) is 0.550. The van der Waals surface area contributed by atoms with Gasteiger partial charge in [-0.05, 0) is 54.2 Å². The van der Waals surface area contributed by atoms with E-state index in [2.05, 4.69) is 30.3 Å². The summed E-state index contributed by atoms with van der Waals surface area (Å²) in [5, 5.41) is 6.48. The van der Waals surface area contributed by atoms with Crippen LogP contribution in [0.5, 0.6) is 5.88 Å². The van der Waals surface area contributed by atoms with Gasteiger partial charge in [0.2, 0.25) is 5.88 Å². The van der Waals surface area contributed by atoms with Crippen LogP contribution in [0.2, 0.25) is 0 Å². The Balaban J connectivity index is 1.46. The second-order valence-electron chi connectivity index (χ2n) is 8.50. The molecule has 0 aromatic carbocycles. The minimum Gasteiger partial charge on any atom is -0.476 e. The predicted molar refractivity (Wildman–Crippen MR) is 108 cm³/mol. The Morgan fingerprint density at radius 2 is 2.21 bits per heavy atom. The van der Waals surface area contributed by atoms with Gasteiger partial charge in [-0.2, -0.15) is 0 Å². The van der Waals surface area contributed by atoms with E-state index in [-0.39, 0.29) is 17.0 Å². The molecular formula is C20H25N7O2. The van der Waals surface area contributed by atoms with E-state index < -0.39 is 0 Å². The highest BCUT2D eigenvalue weighted by Crippen LogP contribution is 2.43. The van der Waals surface area contributed by atoms with Crippen molar-refractivity contribution in [2.45, 2.75) is 50.9 Å². The molecule has 0 radical (unpaired) electrons. The van der Waals surface area contributed by atoms with Gasteiger partial charge in [-0.3, -0.25) is 9.78 Å². The Hall–Kier alpha value is -3.06. The molecule has 2 aliphatic rings. The molecule has 0 bridgehead atoms. The first-order valence-corrected chi connectivity index (χ1v) is 9.97. The predicted octanol–water partition coefficient (Wildman–Crippen LogP) is 4.31. The van der Waals surface area contributed by atoms with Gasteiger partial charge >= 0.3 is 0 Å². The molecule has 0 spiro atoms. The Kier molecular flexibility index (Phi) is 5.15. The number of aromatic nitrogens is 3. The molecular weight excluding hydrogens is 370 g/mol. The first kappa shape index (κ1) is 19.3. The summed E-state index contributed by atoms with van der Waals surface area (Å²) in [5.74, 6) is 1.70. The number of hydrogen-bond acceptors (Lipinski definition) is 5. The van der Waals surface area contributed by atoms with Gasteiger partial charge < -0.3 is 15.0 Å². The van der Waals surface area contributed by atoms with Crippen molar-refractivity contribution < 1.29 is 9.53 Å². The number of rotatable bonds is 9. The molecule has 4 rings (SSSR count). The molecule has 29 heavy (non-hydrogen) atoms. The third-order valence-corrected chi connectivity index (χ3v) is 5.36. The SMILES string of the molecule is CC(C)(CN=[N+]=[N-])c1c[nH]c(NC(=O)c2cnc(C3CC3)c(OCC3CC3)n2)c1. The van der Waals surface area contributed by atoms with Crippen LogP contribution in [0.1, 0.15) is 67.2 Å². The van der Waals surface area contributed by atoms with Crippen molar-refractivity contribution in [1.82, 2.24) is 15.0 Å². The van der Waals surface area contributed by atoms with Gasteiger partial charge in [0.05, 0.1) is 12.8 Å². The Morgan fingerprint density at radius 1 is 1.41 bits per heavy atom. The third-order valence-electron chi connectivity index (χ3n) is 5.36. The van der Waals surface area contributed by atoms with E-state index in [0.29, 0.717) is 36.7 Å². The normalized spacial score (nSPS) is 16.2. The molecule has 0 atom stereocenters. The second kappa shape index (κ2) is 7.75. The number of ether oxygens (including phenoxy) is 1. The summed E-state index contributed by atoms with van der Waals surface area (Å²) in [6.45, 7) is 4.91. The zero-order valence-electron chi connectivity index (χ0n) is 16.7. The van der Waals surface area contributed by atoms with Gasteiger partial charge in [0.1, 0.15) is 11.5 Å². The second-order valence-corrected chi connectivity index (χ2v) is 8.50. The maximum absolute atomic E-state index is 12.7. The number of H-pyrrole nitrogens is 1. The van der Waals surface area contributed by atoms with Gasteiger partial charge in [0.15, 0.2) is 5.69 Å². The number of nitrogens with zero attached hydrogens (tertiary/aromatic N) is 5. The molecule has 0 saturated heterocycles. The maximum atomic E-state index is 12.7. The highest BCUT2D eigenvalue weighted by atomic mass is 16.5. The molecule has 2 aromatic heterocycles. The lowest BCUT2D eigenvalue weighted by Crippen LogP contribution is -2.20. The van der Waals surface area contributed by atoms with E-state index >= 15 is 0 Å². The minimum atomic E-state index is -0.350. The molecule has 2 aromatic rings. The number of nitrogens with one attached hydrogen (secondary N) is 2. The summed E-state index contributed by atoms with van der Waals surface area (Å²) in [6.07, 6.45) is 7.89. The smallest absolute Gasteiger partial charge is 0.277 e. The van der Waals surface area contributed by atoms with Crippen LogP contribution >= 0.6 is 0 Å². The van der Waals surface area contributed by atoms with E-state index in [1.54, 1.807) is 6.20 Å². The number of carbonyl (C=O) groups excluding carboxylic acids is 1. The van der Waals surface area contributed by atoms with Gasteiger partial charge in [-0.1, -0.05) is 19.0 Å². The van der Waals surface area contributed by atoms with Crippen LogP contribution < -0.4 is 10.1 Å². The van der Waals surface area contributed by atoms with Gasteiger partial charge in [0.25, 0.3) is 5.91 Å². The topological polar surface area (TPSA) is 129 Å². The van der Waals surface area contributed by atoms with Crippen LogP contribution in [0, 0.1) is 5.92 Å². The van der Waals surface area contributed by atoms with Crippen molar-refractivity contribution in [3.05, 3.63) is 45.9 Å². The molecule has 0 aliphatic heterocycles. The molecule has 2 heterocycles. The lowest BCUT2D eigenvalue weighted by molar-refractivity contribution is 0.102. The number of carbonyl (C=O) groups is 1. The van der Waals surface area contributed by atoms with Gasteiger partial charge in [-0.25, -0.2) is 4.98 Å². The minimum absolute atomic E-state index is 0.227. The van der Waals surface area contributed by atoms with Gasteiger partial charge in [-0.15, -0.1) is 0 Å². The highest BCUT2D eigenvalue weighted by molar-refractivity contribution is 6.02. The Morgan fingerprint density at radius 3 is 2.90 bits per heavy atom. The highest BCUT2D eigenvalue weighted by Gasteiger charge is 2.31. The van der Waals surface area contributed by atoms with Crippen molar-refractivity contribution in [2.24, 2.45) is 11.0 Å². The lowest BCUT2D eigenvalue weighted by atomic mass is 9.87. The van der Waals surface area contributed by atoms with E-state index in [1.165, 1.54) is 19.0 Å². The fourth-order valence-electron chi connectivity index (χ4n) is 3.06. The third kappa shape index (κ3) is 4.68. The number of aromatic amines is 1. The maximum Gasteiger partial charge on any atom is 0.277 e. The number of hydrogen-bond donors (Lipinski definition) is 2. The molecule has 2 fully saturated rings. The van der Waals surface area contributed by atoms with Crippen LogP contribution in [-0.4, -0.2) is 34.0 Å². The van der Waals surface area contributed by atoms with E-state index in [9.17, 15) is 4.79 Å². The van der Waals surface area contributed by atoms with Crippen LogP contribution in [0.3, 0.4) is 0 Å². The average Bonchev–Trinajstić information content (AvgIpc) is 3.63. The van der Waals surface area contributed by atoms with Crippen LogP contribution in [0.15, 0.2) is 23.6 Å². The molecule has 9 nitrogen and oxygen atoms in total. The van der Waals surface area contributed by atoms with E-state index in [1.807, 2.05) is 19.9 Å². The van der Waals surface area contributed by atoms with E-state index in [4.69, 9.17) is 10.3 Å². The molecule has 2 saturated carbocycles. The molecule has 9 heteroatoms. The van der Waals surface area contributed by atoms with Crippen LogP contribution in [0.25, 0.3) is 10.4 Å². The van der Waals surface area contributed by atoms with Crippen molar-refractivity contribution >= 4 is 11.7 Å². The van der Waals surface area contributed by atoms with Crippen molar-refractivity contribution in [2.75, 3.05) is 18.5 Å². The summed E-state index contributed by atoms with van der Waals surface area (Å²) in [7, 11) is 0. The zero-order chi connectivity index (χ0) is 20.4. The van der Waals surface area contributed by atoms with E-state index in [0.717, 1.165) is 24.1 Å². The summed E-state index contributed by atoms with van der Waals surface area (Å²) >= 11 is 0. The summed E-state index contributed by atoms with van der Waals surface area (Å²) in [4.78, 5) is 27.5. The Bertz CT molecular complexity index is 953. The quantitative estimate of drug-likeness (QED) is 0.372. The first-order chi connectivity index (χ1) is 14.0. The number of azide groups is 1. The number of anilines is 1.